The summed E-state index contributed by atoms with van der Waals surface area (Å²) in [5.74, 6) is 0.209. The third-order valence-corrected chi connectivity index (χ3v) is 7.51. The van der Waals surface area contributed by atoms with Crippen LogP contribution < -0.4 is 5.32 Å². The third kappa shape index (κ3) is 3.91. The summed E-state index contributed by atoms with van der Waals surface area (Å²) in [6.45, 7) is 1.93. The van der Waals surface area contributed by atoms with Crippen LogP contribution in [-0.2, 0) is 14.8 Å². The predicted molar refractivity (Wildman–Crippen MR) is 111 cm³/mol. The number of rotatable bonds is 5. The lowest BCUT2D eigenvalue weighted by Crippen LogP contribution is -2.44. The molecule has 1 N–H and O–H groups in total. The van der Waals surface area contributed by atoms with Gasteiger partial charge in [-0.25, -0.2) is 13.1 Å². The molecule has 0 bridgehead atoms. The summed E-state index contributed by atoms with van der Waals surface area (Å²) in [7, 11) is -3.98. The molecule has 1 saturated heterocycles. The zero-order valence-electron chi connectivity index (χ0n) is 15.6. The molecule has 0 radical (unpaired) electrons. The number of amides is 1. The number of nitrogens with zero attached hydrogens (tertiary/aromatic N) is 4. The summed E-state index contributed by atoms with van der Waals surface area (Å²) in [4.78, 5) is 12.8. The van der Waals surface area contributed by atoms with Crippen molar-refractivity contribution in [2.75, 3.05) is 16.9 Å². The summed E-state index contributed by atoms with van der Waals surface area (Å²) in [6.07, 6.45) is 1.21. The van der Waals surface area contributed by atoms with Gasteiger partial charge in [0, 0.05) is 11.4 Å². The molecule has 2 heterocycles. The SMILES string of the molecule is Cc1cccc(NC(=O)C2CSCN2S(=O)(=O)c2cnnn2-c2ccccc2)c1. The van der Waals surface area contributed by atoms with Crippen LogP contribution in [0.25, 0.3) is 5.69 Å². The standard InChI is InChI=1S/C19H19N5O3S2/c1-14-6-5-7-15(10-14)21-19(25)17-12-28-13-23(17)29(26,27)18-11-20-22-24(18)16-8-3-2-4-9-16/h2-11,17H,12-13H2,1H3,(H,21,25). The van der Waals surface area contributed by atoms with E-state index in [1.165, 1.54) is 26.9 Å². The molecule has 1 unspecified atom stereocenters. The van der Waals surface area contributed by atoms with Crippen LogP contribution in [0.5, 0.6) is 0 Å². The summed E-state index contributed by atoms with van der Waals surface area (Å²) in [6, 6.07) is 15.5. The van der Waals surface area contributed by atoms with Gasteiger partial charge >= 0.3 is 0 Å². The number of sulfonamides is 1. The fraction of sp³-hybridized carbons (Fsp3) is 0.211. The third-order valence-electron chi connectivity index (χ3n) is 4.52. The first-order chi connectivity index (χ1) is 14.0. The van der Waals surface area contributed by atoms with Crippen molar-refractivity contribution in [1.82, 2.24) is 19.3 Å². The van der Waals surface area contributed by atoms with E-state index in [0.717, 1.165) is 5.56 Å². The maximum Gasteiger partial charge on any atom is 0.263 e. The fourth-order valence-corrected chi connectivity index (χ4v) is 6.27. The molecule has 1 atom stereocenters. The second-order valence-corrected chi connectivity index (χ2v) is 9.42. The lowest BCUT2D eigenvalue weighted by Gasteiger charge is -2.22. The molecule has 0 aliphatic carbocycles. The number of benzene rings is 2. The average molecular weight is 430 g/mol. The molecule has 0 spiro atoms. The molecule has 1 aromatic heterocycles. The van der Waals surface area contributed by atoms with E-state index in [4.69, 9.17) is 0 Å². The van der Waals surface area contributed by atoms with Crippen LogP contribution in [0.4, 0.5) is 5.69 Å². The van der Waals surface area contributed by atoms with Crippen LogP contribution in [0.1, 0.15) is 5.56 Å². The largest absolute Gasteiger partial charge is 0.325 e. The van der Waals surface area contributed by atoms with Crippen molar-refractivity contribution in [3.63, 3.8) is 0 Å². The molecular weight excluding hydrogens is 410 g/mol. The molecule has 1 aliphatic heterocycles. The van der Waals surface area contributed by atoms with Crippen molar-refractivity contribution in [2.45, 2.75) is 18.0 Å². The Hall–Kier alpha value is -2.69. The fourth-order valence-electron chi connectivity index (χ4n) is 3.09. The van der Waals surface area contributed by atoms with Crippen molar-refractivity contribution in [2.24, 2.45) is 0 Å². The number of hydrogen-bond acceptors (Lipinski definition) is 6. The maximum atomic E-state index is 13.3. The highest BCUT2D eigenvalue weighted by atomic mass is 32.2. The van der Waals surface area contributed by atoms with Gasteiger partial charge in [-0.05, 0) is 36.8 Å². The molecule has 1 amide bonds. The Balaban J connectivity index is 1.62. The number of carbonyl (C=O) groups excluding carboxylic acids is 1. The van der Waals surface area contributed by atoms with Crippen LogP contribution in [-0.4, -0.2) is 51.3 Å². The molecule has 3 aromatic rings. The van der Waals surface area contributed by atoms with Crippen molar-refractivity contribution in [1.29, 1.82) is 0 Å². The Morgan fingerprint density at radius 1 is 1.17 bits per heavy atom. The minimum atomic E-state index is -3.98. The van der Waals surface area contributed by atoms with Gasteiger partial charge in [-0.3, -0.25) is 4.79 Å². The first-order valence-electron chi connectivity index (χ1n) is 8.90. The van der Waals surface area contributed by atoms with Gasteiger partial charge < -0.3 is 5.32 Å². The smallest absolute Gasteiger partial charge is 0.263 e. The highest BCUT2D eigenvalue weighted by Gasteiger charge is 2.42. The Kier molecular flexibility index (Phi) is 5.39. The quantitative estimate of drug-likeness (QED) is 0.668. The van der Waals surface area contributed by atoms with Gasteiger partial charge in [0.05, 0.1) is 17.8 Å². The van der Waals surface area contributed by atoms with Crippen molar-refractivity contribution in [3.05, 3.63) is 66.4 Å². The van der Waals surface area contributed by atoms with Crippen molar-refractivity contribution in [3.8, 4) is 5.69 Å². The minimum absolute atomic E-state index is 0.0699. The van der Waals surface area contributed by atoms with Crippen molar-refractivity contribution >= 4 is 33.4 Å². The Morgan fingerprint density at radius 3 is 2.72 bits per heavy atom. The Labute approximate surface area is 173 Å². The van der Waals surface area contributed by atoms with Gasteiger partial charge in [0.25, 0.3) is 10.0 Å². The number of para-hydroxylation sites is 1. The highest BCUT2D eigenvalue weighted by molar-refractivity contribution is 8.00. The summed E-state index contributed by atoms with van der Waals surface area (Å²) >= 11 is 1.39. The molecule has 4 rings (SSSR count). The molecule has 2 aromatic carbocycles. The molecule has 1 aliphatic rings. The van der Waals surface area contributed by atoms with Crippen LogP contribution in [0.15, 0.2) is 65.8 Å². The van der Waals surface area contributed by atoms with E-state index in [0.29, 0.717) is 17.1 Å². The van der Waals surface area contributed by atoms with E-state index in [-0.39, 0.29) is 16.8 Å². The normalized spacial score (nSPS) is 17.3. The molecule has 0 saturated carbocycles. The summed E-state index contributed by atoms with van der Waals surface area (Å²) < 4.78 is 29.2. The first-order valence-corrected chi connectivity index (χ1v) is 11.5. The molecule has 1 fully saturated rings. The first kappa shape index (κ1) is 19.6. The molecule has 8 nitrogen and oxygen atoms in total. The topological polar surface area (TPSA) is 97.2 Å². The van der Waals surface area contributed by atoms with E-state index in [1.807, 2.05) is 31.2 Å². The van der Waals surface area contributed by atoms with Gasteiger partial charge in [0.15, 0.2) is 5.03 Å². The summed E-state index contributed by atoms with van der Waals surface area (Å²) in [5, 5.41) is 10.5. The van der Waals surface area contributed by atoms with Gasteiger partial charge in [-0.15, -0.1) is 16.9 Å². The van der Waals surface area contributed by atoms with Gasteiger partial charge in [-0.1, -0.05) is 35.5 Å². The van der Waals surface area contributed by atoms with Crippen molar-refractivity contribution < 1.29 is 13.2 Å². The number of nitrogens with one attached hydrogen (secondary N) is 1. The molecule has 10 heteroatoms. The number of carbonyl (C=O) groups is 1. The van der Waals surface area contributed by atoms with Crippen LogP contribution in [0.3, 0.4) is 0 Å². The number of anilines is 1. The monoisotopic (exact) mass is 429 g/mol. The number of aromatic nitrogens is 3. The van der Waals surface area contributed by atoms with Gasteiger partial charge in [0.2, 0.25) is 5.91 Å². The number of aryl methyl sites for hydroxylation is 1. The maximum absolute atomic E-state index is 13.3. The summed E-state index contributed by atoms with van der Waals surface area (Å²) in [5.41, 5.74) is 2.22. The average Bonchev–Trinajstić information content (AvgIpc) is 3.39. The molecule has 150 valence electrons. The zero-order valence-corrected chi connectivity index (χ0v) is 17.2. The number of thioether (sulfide) groups is 1. The Morgan fingerprint density at radius 2 is 1.97 bits per heavy atom. The molecular formula is C19H19N5O3S2. The lowest BCUT2D eigenvalue weighted by molar-refractivity contribution is -0.118. The van der Waals surface area contributed by atoms with Crippen LogP contribution in [0, 0.1) is 6.92 Å². The lowest BCUT2D eigenvalue weighted by atomic mass is 10.2. The van der Waals surface area contributed by atoms with E-state index in [9.17, 15) is 13.2 Å². The van der Waals surface area contributed by atoms with E-state index in [1.54, 1.807) is 30.3 Å². The van der Waals surface area contributed by atoms with E-state index in [2.05, 4.69) is 15.6 Å². The second kappa shape index (κ2) is 7.97. The highest BCUT2D eigenvalue weighted by Crippen LogP contribution is 2.29. The van der Waals surface area contributed by atoms with Crippen LogP contribution in [0.2, 0.25) is 0 Å². The van der Waals surface area contributed by atoms with E-state index >= 15 is 0 Å². The predicted octanol–water partition coefficient (Wildman–Crippen LogP) is 2.28. The number of hydrogen-bond donors (Lipinski definition) is 1. The second-order valence-electron chi connectivity index (χ2n) is 6.59. The van der Waals surface area contributed by atoms with Gasteiger partial charge in [-0.2, -0.15) is 4.31 Å². The zero-order chi connectivity index (χ0) is 20.4. The van der Waals surface area contributed by atoms with Crippen LogP contribution >= 0.6 is 11.8 Å². The van der Waals surface area contributed by atoms with Gasteiger partial charge in [0.1, 0.15) is 6.04 Å². The van der Waals surface area contributed by atoms with E-state index < -0.39 is 16.1 Å². The molecule has 29 heavy (non-hydrogen) atoms. The Bertz CT molecular complexity index is 1130. The minimum Gasteiger partial charge on any atom is -0.325 e.